The first kappa shape index (κ1) is 12.4. The topological polar surface area (TPSA) is 83.8 Å². The standard InChI is InChI=1S/C12H14N4O2S/c17-16(18)8-1-2-10-11(7-8)15-12(14-10)19-9-3-5-13-6-4-9/h1-2,7,9,13H,3-6H2,(H,14,15). The molecule has 1 aromatic carbocycles. The third-order valence-corrected chi connectivity index (χ3v) is 4.44. The highest BCUT2D eigenvalue weighted by Crippen LogP contribution is 2.29. The normalized spacial score (nSPS) is 16.8. The van der Waals surface area contributed by atoms with E-state index < -0.39 is 0 Å². The molecule has 6 nitrogen and oxygen atoms in total. The zero-order chi connectivity index (χ0) is 13.2. The Balaban J connectivity index is 1.82. The number of non-ortho nitro benzene ring substituents is 1. The lowest BCUT2D eigenvalue weighted by Gasteiger charge is -2.20. The van der Waals surface area contributed by atoms with E-state index in [1.54, 1.807) is 17.8 Å². The molecule has 1 fully saturated rings. The number of nitro groups is 1. The van der Waals surface area contributed by atoms with Crippen molar-refractivity contribution < 1.29 is 4.92 Å². The molecule has 3 rings (SSSR count). The van der Waals surface area contributed by atoms with Gasteiger partial charge in [0.15, 0.2) is 5.16 Å². The zero-order valence-corrected chi connectivity index (χ0v) is 11.1. The van der Waals surface area contributed by atoms with Gasteiger partial charge in [-0.25, -0.2) is 4.98 Å². The molecular formula is C12H14N4O2S. The number of fused-ring (bicyclic) bond motifs is 1. The molecule has 1 aromatic heterocycles. The number of piperidine rings is 1. The summed E-state index contributed by atoms with van der Waals surface area (Å²) >= 11 is 1.73. The average molecular weight is 278 g/mol. The van der Waals surface area contributed by atoms with Crippen molar-refractivity contribution in [1.82, 2.24) is 15.3 Å². The second-order valence-corrected chi connectivity index (χ2v) is 5.86. The predicted octanol–water partition coefficient (Wildman–Crippen LogP) is 2.32. The van der Waals surface area contributed by atoms with Gasteiger partial charge >= 0.3 is 0 Å². The number of hydrogen-bond donors (Lipinski definition) is 2. The molecule has 0 radical (unpaired) electrons. The summed E-state index contributed by atoms with van der Waals surface area (Å²) in [4.78, 5) is 18.0. The smallest absolute Gasteiger partial charge is 0.271 e. The highest BCUT2D eigenvalue weighted by molar-refractivity contribution is 7.99. The summed E-state index contributed by atoms with van der Waals surface area (Å²) in [6, 6.07) is 4.72. The van der Waals surface area contributed by atoms with Crippen LogP contribution in [-0.4, -0.2) is 33.2 Å². The molecule has 0 saturated carbocycles. The van der Waals surface area contributed by atoms with Crippen molar-refractivity contribution in [1.29, 1.82) is 0 Å². The molecule has 0 spiro atoms. The van der Waals surface area contributed by atoms with Gasteiger partial charge in [-0.2, -0.15) is 0 Å². The first-order chi connectivity index (χ1) is 9.22. The third kappa shape index (κ3) is 2.71. The van der Waals surface area contributed by atoms with Gasteiger partial charge in [-0.05, 0) is 32.0 Å². The van der Waals surface area contributed by atoms with Crippen LogP contribution in [0.25, 0.3) is 11.0 Å². The Morgan fingerprint density at radius 3 is 2.89 bits per heavy atom. The number of nitro benzene ring substituents is 1. The van der Waals surface area contributed by atoms with Crippen LogP contribution in [0, 0.1) is 10.1 Å². The van der Waals surface area contributed by atoms with Gasteiger partial charge in [-0.15, -0.1) is 0 Å². The number of nitrogens with zero attached hydrogens (tertiary/aromatic N) is 2. The lowest BCUT2D eigenvalue weighted by atomic mass is 10.2. The van der Waals surface area contributed by atoms with Crippen LogP contribution in [-0.2, 0) is 0 Å². The Morgan fingerprint density at radius 2 is 2.16 bits per heavy atom. The number of H-pyrrole nitrogens is 1. The van der Waals surface area contributed by atoms with E-state index >= 15 is 0 Å². The van der Waals surface area contributed by atoms with Crippen molar-refractivity contribution in [3.05, 3.63) is 28.3 Å². The summed E-state index contributed by atoms with van der Waals surface area (Å²) in [6.45, 7) is 2.09. The number of aromatic amines is 1. The molecule has 19 heavy (non-hydrogen) atoms. The van der Waals surface area contributed by atoms with Gasteiger partial charge in [0.1, 0.15) is 0 Å². The highest BCUT2D eigenvalue weighted by atomic mass is 32.2. The van der Waals surface area contributed by atoms with E-state index in [0.717, 1.165) is 42.1 Å². The van der Waals surface area contributed by atoms with Crippen molar-refractivity contribution in [2.24, 2.45) is 0 Å². The van der Waals surface area contributed by atoms with Gasteiger partial charge in [0.25, 0.3) is 5.69 Å². The second-order valence-electron chi connectivity index (χ2n) is 4.57. The lowest BCUT2D eigenvalue weighted by Crippen LogP contribution is -2.29. The molecule has 2 aromatic rings. The van der Waals surface area contributed by atoms with Gasteiger partial charge in [-0.1, -0.05) is 11.8 Å². The number of thioether (sulfide) groups is 1. The van der Waals surface area contributed by atoms with Crippen LogP contribution in [0.2, 0.25) is 0 Å². The third-order valence-electron chi connectivity index (χ3n) is 3.22. The molecule has 1 aliphatic rings. The molecule has 0 amide bonds. The van der Waals surface area contributed by atoms with Crippen LogP contribution in [0.3, 0.4) is 0 Å². The Morgan fingerprint density at radius 1 is 1.37 bits per heavy atom. The number of aromatic nitrogens is 2. The quantitative estimate of drug-likeness (QED) is 0.665. The fourth-order valence-corrected chi connectivity index (χ4v) is 3.32. The van der Waals surface area contributed by atoms with Crippen LogP contribution >= 0.6 is 11.8 Å². The van der Waals surface area contributed by atoms with Crippen LogP contribution in [0.15, 0.2) is 23.4 Å². The van der Waals surface area contributed by atoms with Crippen molar-refractivity contribution in [2.45, 2.75) is 23.2 Å². The van der Waals surface area contributed by atoms with Gasteiger partial charge in [0.2, 0.25) is 0 Å². The Hall–Kier alpha value is -1.60. The minimum Gasteiger partial charge on any atom is -0.333 e. The average Bonchev–Trinajstić information content (AvgIpc) is 2.80. The summed E-state index contributed by atoms with van der Waals surface area (Å²) in [5, 5.41) is 15.5. The van der Waals surface area contributed by atoms with E-state index in [9.17, 15) is 10.1 Å². The van der Waals surface area contributed by atoms with Gasteiger partial charge < -0.3 is 10.3 Å². The van der Waals surface area contributed by atoms with Crippen LogP contribution in [0.4, 0.5) is 5.69 Å². The fraction of sp³-hybridized carbons (Fsp3) is 0.417. The Bertz CT molecular complexity index is 607. The SMILES string of the molecule is O=[N+]([O-])c1ccc2nc(SC3CCNCC3)[nH]c2c1. The van der Waals surface area contributed by atoms with Crippen LogP contribution < -0.4 is 5.32 Å². The maximum Gasteiger partial charge on any atom is 0.271 e. The van der Waals surface area contributed by atoms with Crippen LogP contribution in [0.5, 0.6) is 0 Å². The molecule has 7 heteroatoms. The number of hydrogen-bond acceptors (Lipinski definition) is 5. The van der Waals surface area contributed by atoms with Gasteiger partial charge in [0.05, 0.1) is 16.0 Å². The summed E-state index contributed by atoms with van der Waals surface area (Å²) in [5.41, 5.74) is 1.60. The summed E-state index contributed by atoms with van der Waals surface area (Å²) in [5.74, 6) is 0. The zero-order valence-electron chi connectivity index (χ0n) is 10.3. The van der Waals surface area contributed by atoms with E-state index in [1.165, 1.54) is 12.1 Å². The van der Waals surface area contributed by atoms with E-state index in [-0.39, 0.29) is 10.6 Å². The molecule has 2 N–H and O–H groups in total. The largest absolute Gasteiger partial charge is 0.333 e. The summed E-state index contributed by atoms with van der Waals surface area (Å²) in [7, 11) is 0. The maximum absolute atomic E-state index is 10.7. The lowest BCUT2D eigenvalue weighted by molar-refractivity contribution is -0.384. The molecule has 1 aliphatic heterocycles. The van der Waals surface area contributed by atoms with Crippen LogP contribution in [0.1, 0.15) is 12.8 Å². The molecule has 0 atom stereocenters. The van der Waals surface area contributed by atoms with E-state index in [4.69, 9.17) is 0 Å². The first-order valence-corrected chi connectivity index (χ1v) is 7.12. The number of nitrogens with one attached hydrogen (secondary N) is 2. The van der Waals surface area contributed by atoms with Gasteiger partial charge in [0, 0.05) is 17.4 Å². The minimum absolute atomic E-state index is 0.0922. The summed E-state index contributed by atoms with van der Waals surface area (Å²) in [6.07, 6.45) is 2.25. The van der Waals surface area contributed by atoms with E-state index in [0.29, 0.717) is 5.25 Å². The Labute approximate surface area is 114 Å². The molecule has 100 valence electrons. The monoisotopic (exact) mass is 278 g/mol. The molecule has 0 aliphatic carbocycles. The van der Waals surface area contributed by atoms with Crippen molar-refractivity contribution in [3.63, 3.8) is 0 Å². The van der Waals surface area contributed by atoms with Crippen molar-refractivity contribution in [3.8, 4) is 0 Å². The number of rotatable bonds is 3. The molecule has 0 unspecified atom stereocenters. The molecule has 2 heterocycles. The number of benzene rings is 1. The van der Waals surface area contributed by atoms with Crippen molar-refractivity contribution >= 4 is 28.5 Å². The molecular weight excluding hydrogens is 264 g/mol. The Kier molecular flexibility index (Phi) is 3.39. The highest BCUT2D eigenvalue weighted by Gasteiger charge is 2.17. The van der Waals surface area contributed by atoms with Gasteiger partial charge in [-0.3, -0.25) is 10.1 Å². The minimum atomic E-state index is -0.389. The number of imidazole rings is 1. The maximum atomic E-state index is 10.7. The first-order valence-electron chi connectivity index (χ1n) is 6.24. The fourth-order valence-electron chi connectivity index (χ4n) is 2.21. The molecule has 0 bridgehead atoms. The summed E-state index contributed by atoms with van der Waals surface area (Å²) < 4.78 is 0. The predicted molar refractivity (Wildman–Crippen MR) is 74.5 cm³/mol. The van der Waals surface area contributed by atoms with Crippen molar-refractivity contribution in [2.75, 3.05) is 13.1 Å². The molecule has 1 saturated heterocycles. The van der Waals surface area contributed by atoms with E-state index in [1.807, 2.05) is 0 Å². The second kappa shape index (κ2) is 5.18. The van der Waals surface area contributed by atoms with E-state index in [2.05, 4.69) is 15.3 Å².